The highest BCUT2D eigenvalue weighted by molar-refractivity contribution is 8.09. The number of carboxylic acids is 1. The molecule has 1 aliphatic heterocycles. The van der Waals surface area contributed by atoms with Crippen LogP contribution in [0.25, 0.3) is 4.91 Å². The van der Waals surface area contributed by atoms with Gasteiger partial charge in [0.05, 0.1) is 0 Å². The number of nitrogens with two attached hydrogens (primary N) is 1. The number of hydrogen-bond acceptors (Lipinski definition) is 3. The van der Waals surface area contributed by atoms with Crippen molar-refractivity contribution in [3.8, 4) is 0 Å². The van der Waals surface area contributed by atoms with Gasteiger partial charge in [-0.25, -0.2) is 0 Å². The highest BCUT2D eigenvalue weighted by Crippen LogP contribution is 2.39. The fourth-order valence-corrected chi connectivity index (χ4v) is 2.75. The van der Waals surface area contributed by atoms with Crippen molar-refractivity contribution in [1.29, 1.82) is 0 Å². The third-order valence-electron chi connectivity index (χ3n) is 2.32. The zero-order valence-corrected chi connectivity index (χ0v) is 9.83. The van der Waals surface area contributed by atoms with Crippen LogP contribution < -0.4 is 5.73 Å². The molecule has 1 aliphatic rings. The van der Waals surface area contributed by atoms with Gasteiger partial charge < -0.3 is 10.8 Å². The maximum Gasteiger partial charge on any atom is 0.318 e. The van der Waals surface area contributed by atoms with E-state index in [0.717, 1.165) is 10.5 Å². The molecule has 2 unspecified atom stereocenters. The smallest absolute Gasteiger partial charge is 0.318 e. The van der Waals surface area contributed by atoms with Crippen molar-refractivity contribution in [2.24, 2.45) is 5.73 Å². The second-order valence-corrected chi connectivity index (χ2v) is 5.11. The predicted molar refractivity (Wildman–Crippen MR) is 66.4 cm³/mol. The lowest BCUT2D eigenvalue weighted by atomic mass is 10.1. The summed E-state index contributed by atoms with van der Waals surface area (Å²) in [5, 5.41) is 9.00. The van der Waals surface area contributed by atoms with Crippen LogP contribution >= 0.6 is 23.4 Å². The van der Waals surface area contributed by atoms with Crippen molar-refractivity contribution in [1.82, 2.24) is 0 Å². The molecule has 0 amide bonds. The summed E-state index contributed by atoms with van der Waals surface area (Å²) in [7, 11) is 0. The molecule has 3 nitrogen and oxygen atoms in total. The van der Waals surface area contributed by atoms with Crippen molar-refractivity contribution < 1.29 is 9.90 Å². The molecule has 0 radical (unpaired) electrons. The second kappa shape index (κ2) is 4.49. The Morgan fingerprint density at radius 2 is 2.00 bits per heavy atom. The van der Waals surface area contributed by atoms with E-state index in [2.05, 4.69) is 0 Å². The average molecular weight is 256 g/mol. The standard InChI is InChI=1S/C11H10ClNO2S/c12-7-3-1-6(2-4-7)9-5-8(13)10(16-9)11(14)15/h1-5,8,10H,13H2,(H,14,15). The summed E-state index contributed by atoms with van der Waals surface area (Å²) in [6.45, 7) is 0. The molecule has 0 aromatic heterocycles. The number of rotatable bonds is 2. The van der Waals surface area contributed by atoms with Crippen LogP contribution in [0.1, 0.15) is 5.56 Å². The zero-order chi connectivity index (χ0) is 11.7. The van der Waals surface area contributed by atoms with Crippen LogP contribution in [-0.4, -0.2) is 22.4 Å². The van der Waals surface area contributed by atoms with Gasteiger partial charge in [-0.2, -0.15) is 0 Å². The van der Waals surface area contributed by atoms with Crippen LogP contribution in [0.4, 0.5) is 0 Å². The van der Waals surface area contributed by atoms with Crippen LogP contribution in [0.3, 0.4) is 0 Å². The largest absolute Gasteiger partial charge is 0.480 e. The van der Waals surface area contributed by atoms with Gasteiger partial charge in [-0.3, -0.25) is 4.79 Å². The first-order valence-corrected chi connectivity index (χ1v) is 5.96. The van der Waals surface area contributed by atoms with Gasteiger partial charge in [-0.05, 0) is 17.7 Å². The minimum absolute atomic E-state index is 0.437. The SMILES string of the molecule is NC1C=C(c2ccc(Cl)cc2)SC1C(=O)O. The van der Waals surface area contributed by atoms with Gasteiger partial charge in [-0.15, -0.1) is 11.8 Å². The van der Waals surface area contributed by atoms with Gasteiger partial charge in [-0.1, -0.05) is 29.8 Å². The lowest BCUT2D eigenvalue weighted by molar-refractivity contribution is -0.136. The molecule has 0 saturated carbocycles. The van der Waals surface area contributed by atoms with E-state index in [1.165, 1.54) is 11.8 Å². The van der Waals surface area contributed by atoms with Crippen molar-refractivity contribution in [3.05, 3.63) is 40.9 Å². The summed E-state index contributed by atoms with van der Waals surface area (Å²) in [6.07, 6.45) is 1.78. The van der Waals surface area contributed by atoms with Gasteiger partial charge in [0.15, 0.2) is 0 Å². The molecular weight excluding hydrogens is 246 g/mol. The first-order chi connectivity index (χ1) is 7.58. The van der Waals surface area contributed by atoms with Gasteiger partial charge in [0, 0.05) is 16.0 Å². The highest BCUT2D eigenvalue weighted by atomic mass is 35.5. The molecule has 1 heterocycles. The van der Waals surface area contributed by atoms with Gasteiger partial charge >= 0.3 is 5.97 Å². The maximum atomic E-state index is 10.9. The molecule has 0 bridgehead atoms. The summed E-state index contributed by atoms with van der Waals surface area (Å²) in [6, 6.07) is 6.83. The third kappa shape index (κ3) is 2.24. The molecule has 1 aromatic rings. The summed E-state index contributed by atoms with van der Waals surface area (Å²) in [5.41, 5.74) is 6.69. The molecule has 2 rings (SSSR count). The van der Waals surface area contributed by atoms with E-state index in [9.17, 15) is 4.79 Å². The highest BCUT2D eigenvalue weighted by Gasteiger charge is 2.31. The predicted octanol–water partition coefficient (Wildman–Crippen LogP) is 2.21. The van der Waals surface area contributed by atoms with Gasteiger partial charge in [0.2, 0.25) is 0 Å². The lowest BCUT2D eigenvalue weighted by Crippen LogP contribution is -2.33. The number of halogens is 1. The van der Waals surface area contributed by atoms with Crippen LogP contribution in [-0.2, 0) is 4.79 Å². The molecule has 84 valence electrons. The van der Waals surface area contributed by atoms with Crippen LogP contribution in [0.2, 0.25) is 5.02 Å². The zero-order valence-electron chi connectivity index (χ0n) is 8.26. The molecule has 3 N–H and O–H groups in total. The quantitative estimate of drug-likeness (QED) is 0.851. The maximum absolute atomic E-state index is 10.9. The number of aliphatic carboxylic acids is 1. The summed E-state index contributed by atoms with van der Waals surface area (Å²) >= 11 is 7.06. The summed E-state index contributed by atoms with van der Waals surface area (Å²) in [4.78, 5) is 11.8. The monoisotopic (exact) mass is 255 g/mol. The van der Waals surface area contributed by atoms with Gasteiger partial charge in [0.1, 0.15) is 5.25 Å². The molecule has 16 heavy (non-hydrogen) atoms. The Kier molecular flexibility index (Phi) is 3.23. The Morgan fingerprint density at radius 3 is 2.50 bits per heavy atom. The van der Waals surface area contributed by atoms with E-state index in [-0.39, 0.29) is 0 Å². The first kappa shape index (κ1) is 11.5. The molecule has 0 spiro atoms. The number of benzene rings is 1. The number of thioether (sulfide) groups is 1. The topological polar surface area (TPSA) is 63.3 Å². The van der Waals surface area contributed by atoms with E-state index >= 15 is 0 Å². The molecule has 1 aromatic carbocycles. The van der Waals surface area contributed by atoms with E-state index in [1.807, 2.05) is 12.1 Å². The summed E-state index contributed by atoms with van der Waals surface area (Å²) < 4.78 is 0. The normalized spacial score (nSPS) is 24.2. The van der Waals surface area contributed by atoms with Crippen molar-refractivity contribution in [3.63, 3.8) is 0 Å². The summed E-state index contributed by atoms with van der Waals surface area (Å²) in [5.74, 6) is -0.877. The number of carbonyl (C=O) groups is 1. The van der Waals surface area contributed by atoms with Crippen molar-refractivity contribution >= 4 is 34.2 Å². The lowest BCUT2D eigenvalue weighted by Gasteiger charge is -2.08. The fraction of sp³-hybridized carbons (Fsp3) is 0.182. The molecular formula is C11H10ClNO2S. The van der Waals surface area contributed by atoms with E-state index in [0.29, 0.717) is 5.02 Å². The molecule has 2 atom stereocenters. The average Bonchev–Trinajstić information content (AvgIpc) is 2.61. The Bertz CT molecular complexity index is 444. The molecule has 0 fully saturated rings. The second-order valence-electron chi connectivity index (χ2n) is 3.49. The number of carboxylic acid groups (broad SMARTS) is 1. The van der Waals surface area contributed by atoms with Gasteiger partial charge in [0.25, 0.3) is 0 Å². The molecule has 0 saturated heterocycles. The molecule has 5 heteroatoms. The number of hydrogen-bond donors (Lipinski definition) is 2. The van der Waals surface area contributed by atoms with Crippen molar-refractivity contribution in [2.75, 3.05) is 0 Å². The third-order valence-corrected chi connectivity index (χ3v) is 3.97. The Labute approximate surface area is 102 Å². The van der Waals surface area contributed by atoms with Crippen LogP contribution in [0, 0.1) is 0 Å². The van der Waals surface area contributed by atoms with Crippen LogP contribution in [0.5, 0.6) is 0 Å². The fourth-order valence-electron chi connectivity index (χ4n) is 1.51. The van der Waals surface area contributed by atoms with Crippen LogP contribution in [0.15, 0.2) is 30.3 Å². The Hall–Kier alpha value is -0.970. The van der Waals surface area contributed by atoms with E-state index in [4.69, 9.17) is 22.4 Å². The van der Waals surface area contributed by atoms with E-state index in [1.54, 1.807) is 18.2 Å². The Morgan fingerprint density at radius 1 is 1.38 bits per heavy atom. The van der Waals surface area contributed by atoms with E-state index < -0.39 is 17.3 Å². The minimum Gasteiger partial charge on any atom is -0.480 e. The molecule has 0 aliphatic carbocycles. The van der Waals surface area contributed by atoms with Crippen molar-refractivity contribution in [2.45, 2.75) is 11.3 Å². The minimum atomic E-state index is -0.877. The first-order valence-electron chi connectivity index (χ1n) is 4.71. The Balaban J connectivity index is 2.22.